The van der Waals surface area contributed by atoms with Gasteiger partial charge in [0, 0.05) is 13.1 Å². The number of hydrogen-bond acceptors (Lipinski definition) is 4. The van der Waals surface area contributed by atoms with Crippen molar-refractivity contribution >= 4 is 0 Å². The van der Waals surface area contributed by atoms with Gasteiger partial charge in [-0.3, -0.25) is 4.90 Å². The summed E-state index contributed by atoms with van der Waals surface area (Å²) in [5.41, 5.74) is 2.24. The number of methoxy groups -OCH3 is 1. The Morgan fingerprint density at radius 3 is 2.45 bits per heavy atom. The van der Waals surface area contributed by atoms with Crippen LogP contribution in [0.5, 0.6) is 11.5 Å². The molecule has 0 fully saturated rings. The Hall–Kier alpha value is -2.04. The maximum absolute atomic E-state index is 8.98. The van der Waals surface area contributed by atoms with Gasteiger partial charge in [0.1, 0.15) is 6.61 Å². The quantitative estimate of drug-likeness (QED) is 0.814. The largest absolute Gasteiger partial charge is 0.493 e. The van der Waals surface area contributed by atoms with E-state index in [0.717, 1.165) is 29.2 Å². The molecule has 4 heteroatoms. The van der Waals surface area contributed by atoms with Crippen LogP contribution in [0.25, 0.3) is 0 Å². The Morgan fingerprint density at radius 1 is 1.00 bits per heavy atom. The summed E-state index contributed by atoms with van der Waals surface area (Å²) in [6.45, 7) is 2.07. The second kappa shape index (κ2) is 8.41. The van der Waals surface area contributed by atoms with Gasteiger partial charge in [0.15, 0.2) is 11.5 Å². The summed E-state index contributed by atoms with van der Waals surface area (Å²) in [6, 6.07) is 16.0. The highest BCUT2D eigenvalue weighted by molar-refractivity contribution is 5.43. The fraction of sp³-hybridized carbons (Fsp3) is 0.333. The highest BCUT2D eigenvalue weighted by atomic mass is 16.5. The summed E-state index contributed by atoms with van der Waals surface area (Å²) < 4.78 is 11.3. The molecule has 2 aromatic rings. The fourth-order valence-corrected chi connectivity index (χ4v) is 2.23. The van der Waals surface area contributed by atoms with Gasteiger partial charge in [0.25, 0.3) is 0 Å². The molecule has 0 radical (unpaired) electrons. The van der Waals surface area contributed by atoms with Crippen LogP contribution in [-0.4, -0.2) is 37.3 Å². The zero-order chi connectivity index (χ0) is 15.8. The van der Waals surface area contributed by atoms with Crippen molar-refractivity contribution in [2.45, 2.75) is 13.2 Å². The highest BCUT2D eigenvalue weighted by Crippen LogP contribution is 2.29. The first-order chi connectivity index (χ1) is 10.7. The number of likely N-dealkylation sites (N-methyl/N-ethyl adjacent to an activating group) is 1. The monoisotopic (exact) mass is 301 g/mol. The molecule has 0 aliphatic heterocycles. The van der Waals surface area contributed by atoms with Crippen molar-refractivity contribution in [3.63, 3.8) is 0 Å². The van der Waals surface area contributed by atoms with Gasteiger partial charge in [0.2, 0.25) is 0 Å². The summed E-state index contributed by atoms with van der Waals surface area (Å²) >= 11 is 0. The molecule has 0 aliphatic rings. The average Bonchev–Trinajstić information content (AvgIpc) is 2.54. The van der Waals surface area contributed by atoms with Crippen LogP contribution in [0.4, 0.5) is 0 Å². The van der Waals surface area contributed by atoms with Crippen LogP contribution in [0.1, 0.15) is 11.1 Å². The smallest absolute Gasteiger partial charge is 0.161 e. The first-order valence-electron chi connectivity index (χ1n) is 7.36. The Morgan fingerprint density at radius 2 is 1.77 bits per heavy atom. The molecule has 22 heavy (non-hydrogen) atoms. The molecule has 0 bridgehead atoms. The molecule has 0 amide bonds. The topological polar surface area (TPSA) is 41.9 Å². The molecule has 0 atom stereocenters. The molecule has 0 aromatic heterocycles. The van der Waals surface area contributed by atoms with Crippen LogP contribution in [0.3, 0.4) is 0 Å². The van der Waals surface area contributed by atoms with E-state index in [9.17, 15) is 0 Å². The van der Waals surface area contributed by atoms with Crippen molar-refractivity contribution < 1.29 is 14.6 Å². The second-order valence-corrected chi connectivity index (χ2v) is 5.22. The average molecular weight is 301 g/mol. The molecule has 1 N–H and O–H groups in total. The molecule has 0 saturated heterocycles. The van der Waals surface area contributed by atoms with E-state index in [0.29, 0.717) is 13.2 Å². The summed E-state index contributed by atoms with van der Waals surface area (Å²) in [6.07, 6.45) is 0. The van der Waals surface area contributed by atoms with Crippen LogP contribution < -0.4 is 9.47 Å². The number of aliphatic hydroxyl groups is 1. The van der Waals surface area contributed by atoms with Crippen LogP contribution in [-0.2, 0) is 13.2 Å². The van der Waals surface area contributed by atoms with Crippen molar-refractivity contribution in [3.8, 4) is 11.5 Å². The van der Waals surface area contributed by atoms with E-state index in [4.69, 9.17) is 14.6 Å². The van der Waals surface area contributed by atoms with Crippen LogP contribution >= 0.6 is 0 Å². The van der Waals surface area contributed by atoms with Crippen molar-refractivity contribution in [1.29, 1.82) is 0 Å². The van der Waals surface area contributed by atoms with E-state index in [1.807, 2.05) is 55.6 Å². The van der Waals surface area contributed by atoms with Crippen LogP contribution in [0.15, 0.2) is 48.5 Å². The molecule has 0 aliphatic carbocycles. The first-order valence-corrected chi connectivity index (χ1v) is 7.36. The molecule has 118 valence electrons. The lowest BCUT2D eigenvalue weighted by atomic mass is 10.2. The Kier molecular flexibility index (Phi) is 6.25. The lowest BCUT2D eigenvalue weighted by molar-refractivity contribution is 0.217. The Bertz CT molecular complexity index is 572. The minimum atomic E-state index is 0.157. The number of benzene rings is 2. The van der Waals surface area contributed by atoms with Crippen LogP contribution in [0, 0.1) is 0 Å². The van der Waals surface area contributed by atoms with Gasteiger partial charge >= 0.3 is 0 Å². The second-order valence-electron chi connectivity index (χ2n) is 5.22. The fourth-order valence-electron chi connectivity index (χ4n) is 2.23. The summed E-state index contributed by atoms with van der Waals surface area (Å²) in [5, 5.41) is 8.98. The minimum absolute atomic E-state index is 0.157. The highest BCUT2D eigenvalue weighted by Gasteiger charge is 2.08. The third kappa shape index (κ3) is 4.76. The molecule has 2 rings (SSSR count). The third-order valence-corrected chi connectivity index (χ3v) is 3.40. The molecular formula is C18H23NO3. The van der Waals surface area contributed by atoms with E-state index in [-0.39, 0.29) is 6.61 Å². The van der Waals surface area contributed by atoms with Gasteiger partial charge in [-0.05, 0) is 30.3 Å². The zero-order valence-corrected chi connectivity index (χ0v) is 13.2. The number of aliphatic hydroxyl groups excluding tert-OH is 1. The van der Waals surface area contributed by atoms with Crippen LogP contribution in [0.2, 0.25) is 0 Å². The van der Waals surface area contributed by atoms with Gasteiger partial charge in [0.05, 0.1) is 13.7 Å². The van der Waals surface area contributed by atoms with E-state index in [1.54, 1.807) is 7.11 Å². The summed E-state index contributed by atoms with van der Waals surface area (Å²) in [7, 11) is 3.62. The van der Waals surface area contributed by atoms with E-state index >= 15 is 0 Å². The molecule has 4 nitrogen and oxygen atoms in total. The lowest BCUT2D eigenvalue weighted by Crippen LogP contribution is -2.21. The Balaban J connectivity index is 2.07. The third-order valence-electron chi connectivity index (χ3n) is 3.40. The van der Waals surface area contributed by atoms with E-state index in [1.165, 1.54) is 0 Å². The van der Waals surface area contributed by atoms with Gasteiger partial charge in [-0.25, -0.2) is 0 Å². The predicted molar refractivity (Wildman–Crippen MR) is 87.2 cm³/mol. The molecular weight excluding hydrogens is 278 g/mol. The van der Waals surface area contributed by atoms with E-state index in [2.05, 4.69) is 4.90 Å². The normalized spacial score (nSPS) is 10.7. The molecule has 0 spiro atoms. The predicted octanol–water partition coefficient (Wildman–Crippen LogP) is 2.70. The van der Waals surface area contributed by atoms with Gasteiger partial charge in [-0.1, -0.05) is 36.4 Å². The maximum Gasteiger partial charge on any atom is 0.161 e. The van der Waals surface area contributed by atoms with Crippen molar-refractivity contribution in [2.75, 3.05) is 27.3 Å². The maximum atomic E-state index is 8.98. The number of ether oxygens (including phenoxy) is 2. The van der Waals surface area contributed by atoms with Gasteiger partial charge in [-0.15, -0.1) is 0 Å². The lowest BCUT2D eigenvalue weighted by Gasteiger charge is -2.17. The minimum Gasteiger partial charge on any atom is -0.493 e. The molecule has 0 saturated carbocycles. The summed E-state index contributed by atoms with van der Waals surface area (Å²) in [5.74, 6) is 1.46. The summed E-state index contributed by atoms with van der Waals surface area (Å²) in [4.78, 5) is 2.06. The zero-order valence-electron chi connectivity index (χ0n) is 13.2. The van der Waals surface area contributed by atoms with Gasteiger partial charge in [-0.2, -0.15) is 0 Å². The first kappa shape index (κ1) is 16.3. The molecule has 0 unspecified atom stereocenters. The standard InChI is InChI=1S/C18H23NO3/c1-19(10-11-20)13-16-8-9-17(21-2)18(12-16)22-14-15-6-4-3-5-7-15/h3-9,12,20H,10-11,13-14H2,1-2H3. The SMILES string of the molecule is COc1ccc(CN(C)CCO)cc1OCc1ccccc1. The van der Waals surface area contributed by atoms with Crippen molar-refractivity contribution in [2.24, 2.45) is 0 Å². The van der Waals surface area contributed by atoms with E-state index < -0.39 is 0 Å². The Labute approximate surface area is 131 Å². The molecule has 0 heterocycles. The number of hydrogen-bond donors (Lipinski definition) is 1. The van der Waals surface area contributed by atoms with Crippen molar-refractivity contribution in [1.82, 2.24) is 4.90 Å². The van der Waals surface area contributed by atoms with Crippen molar-refractivity contribution in [3.05, 3.63) is 59.7 Å². The molecule has 2 aromatic carbocycles. The number of nitrogens with zero attached hydrogens (tertiary/aromatic N) is 1. The number of rotatable bonds is 8. The van der Waals surface area contributed by atoms with Gasteiger partial charge < -0.3 is 14.6 Å².